The van der Waals surface area contributed by atoms with E-state index in [-0.39, 0.29) is 0 Å². The van der Waals surface area contributed by atoms with E-state index in [2.05, 4.69) is 11.9 Å². The van der Waals surface area contributed by atoms with Gasteiger partial charge in [0.25, 0.3) is 0 Å². The second-order valence-corrected chi connectivity index (χ2v) is 4.20. The van der Waals surface area contributed by atoms with Crippen molar-refractivity contribution < 1.29 is 5.11 Å². The lowest BCUT2D eigenvalue weighted by molar-refractivity contribution is 0.0647. The number of hydrogen-bond acceptors (Lipinski definition) is 2. The van der Waals surface area contributed by atoms with Gasteiger partial charge in [0.15, 0.2) is 0 Å². The molecule has 1 aromatic heterocycles. The summed E-state index contributed by atoms with van der Waals surface area (Å²) in [5, 5.41) is 9.63. The third kappa shape index (κ3) is 3.55. The number of pyridine rings is 1. The van der Waals surface area contributed by atoms with Crippen molar-refractivity contribution in [2.45, 2.75) is 38.7 Å². The van der Waals surface area contributed by atoms with Gasteiger partial charge in [-0.1, -0.05) is 6.92 Å². The van der Waals surface area contributed by atoms with Crippen LogP contribution in [-0.2, 0) is 0 Å². The molecule has 1 aromatic rings. The van der Waals surface area contributed by atoms with Gasteiger partial charge >= 0.3 is 0 Å². The normalized spacial score (nSPS) is 14.2. The minimum absolute atomic E-state index is 0.378. The van der Waals surface area contributed by atoms with Crippen molar-refractivity contribution in [3.05, 3.63) is 30.1 Å². The van der Waals surface area contributed by atoms with Gasteiger partial charge in [-0.3, -0.25) is 4.98 Å². The first-order valence-corrected chi connectivity index (χ1v) is 4.61. The maximum Gasteiger partial charge on any atom is 0.0597 e. The average molecular weight is 179 g/mol. The zero-order valence-corrected chi connectivity index (χ0v) is 8.49. The van der Waals surface area contributed by atoms with E-state index < -0.39 is 5.60 Å². The molecule has 72 valence electrons. The molecular formula is C11H17NO. The highest BCUT2D eigenvalue weighted by Gasteiger charge is 2.17. The fourth-order valence-corrected chi connectivity index (χ4v) is 1.56. The van der Waals surface area contributed by atoms with Crippen molar-refractivity contribution in [1.29, 1.82) is 0 Å². The Hall–Kier alpha value is -0.890. The predicted octanol–water partition coefficient (Wildman–Crippen LogP) is 2.35. The summed E-state index contributed by atoms with van der Waals surface area (Å²) in [6.07, 6.45) is 4.35. The summed E-state index contributed by atoms with van der Waals surface area (Å²) in [5.41, 5.74) is 0.639. The van der Waals surface area contributed by atoms with Crippen LogP contribution in [0.1, 0.15) is 38.7 Å². The molecule has 0 amide bonds. The molecule has 2 heteroatoms. The van der Waals surface area contributed by atoms with Gasteiger partial charge in [-0.2, -0.15) is 0 Å². The summed E-state index contributed by atoms with van der Waals surface area (Å²) in [6, 6.07) is 3.99. The maximum absolute atomic E-state index is 9.63. The van der Waals surface area contributed by atoms with E-state index in [0.717, 1.165) is 6.42 Å². The van der Waals surface area contributed by atoms with E-state index in [4.69, 9.17) is 0 Å². The zero-order valence-electron chi connectivity index (χ0n) is 8.49. The molecule has 1 unspecified atom stereocenters. The number of rotatable bonds is 3. The van der Waals surface area contributed by atoms with Crippen LogP contribution in [-0.4, -0.2) is 15.7 Å². The Kier molecular flexibility index (Phi) is 3.04. The number of aliphatic hydroxyl groups is 1. The van der Waals surface area contributed by atoms with E-state index in [1.54, 1.807) is 12.4 Å². The first-order chi connectivity index (χ1) is 5.99. The van der Waals surface area contributed by atoms with Crippen LogP contribution in [0.15, 0.2) is 24.5 Å². The summed E-state index contributed by atoms with van der Waals surface area (Å²) in [6.45, 7) is 5.79. The molecule has 0 saturated heterocycles. The zero-order chi connectivity index (χ0) is 9.90. The molecule has 0 aliphatic rings. The summed E-state index contributed by atoms with van der Waals surface area (Å²) in [4.78, 5) is 3.96. The van der Waals surface area contributed by atoms with Crippen LogP contribution in [0.5, 0.6) is 0 Å². The second-order valence-electron chi connectivity index (χ2n) is 4.20. The quantitative estimate of drug-likeness (QED) is 0.772. The Morgan fingerprint density at radius 1 is 1.38 bits per heavy atom. The van der Waals surface area contributed by atoms with Gasteiger partial charge in [0.1, 0.15) is 0 Å². The van der Waals surface area contributed by atoms with Crippen LogP contribution in [0.2, 0.25) is 0 Å². The van der Waals surface area contributed by atoms with Crippen molar-refractivity contribution in [1.82, 2.24) is 4.98 Å². The molecule has 0 aliphatic heterocycles. The minimum atomic E-state index is -0.595. The van der Waals surface area contributed by atoms with Crippen LogP contribution >= 0.6 is 0 Å². The largest absolute Gasteiger partial charge is 0.390 e. The van der Waals surface area contributed by atoms with Crippen LogP contribution in [0.4, 0.5) is 0 Å². The van der Waals surface area contributed by atoms with Crippen LogP contribution in [0, 0.1) is 0 Å². The van der Waals surface area contributed by atoms with Gasteiger partial charge in [-0.05, 0) is 43.9 Å². The second kappa shape index (κ2) is 3.88. The topological polar surface area (TPSA) is 33.1 Å². The van der Waals surface area contributed by atoms with Crippen molar-refractivity contribution in [3.63, 3.8) is 0 Å². The highest BCUT2D eigenvalue weighted by atomic mass is 16.3. The lowest BCUT2D eigenvalue weighted by Crippen LogP contribution is -2.21. The Bertz CT molecular complexity index is 251. The Balaban J connectivity index is 2.64. The highest BCUT2D eigenvalue weighted by Crippen LogP contribution is 2.24. The summed E-state index contributed by atoms with van der Waals surface area (Å²) >= 11 is 0. The van der Waals surface area contributed by atoms with Gasteiger partial charge in [-0.25, -0.2) is 0 Å². The van der Waals surface area contributed by atoms with Crippen LogP contribution < -0.4 is 0 Å². The van der Waals surface area contributed by atoms with E-state index in [9.17, 15) is 5.11 Å². The molecule has 0 radical (unpaired) electrons. The van der Waals surface area contributed by atoms with Crippen molar-refractivity contribution in [3.8, 4) is 0 Å². The van der Waals surface area contributed by atoms with Crippen molar-refractivity contribution in [2.24, 2.45) is 0 Å². The fraction of sp³-hybridized carbons (Fsp3) is 0.545. The molecular weight excluding hydrogens is 162 g/mol. The third-order valence-corrected chi connectivity index (χ3v) is 2.08. The predicted molar refractivity (Wildman–Crippen MR) is 53.6 cm³/mol. The molecule has 13 heavy (non-hydrogen) atoms. The lowest BCUT2D eigenvalue weighted by Gasteiger charge is -2.22. The van der Waals surface area contributed by atoms with Crippen LogP contribution in [0.3, 0.4) is 0 Å². The first kappa shape index (κ1) is 10.2. The molecule has 0 fully saturated rings. The molecule has 1 N–H and O–H groups in total. The van der Waals surface area contributed by atoms with Gasteiger partial charge in [0.2, 0.25) is 0 Å². The molecule has 1 rings (SSSR count). The molecule has 0 bridgehead atoms. The van der Waals surface area contributed by atoms with Crippen molar-refractivity contribution in [2.75, 3.05) is 0 Å². The number of nitrogens with zero attached hydrogens (tertiary/aromatic N) is 1. The van der Waals surface area contributed by atoms with Crippen LogP contribution in [0.25, 0.3) is 0 Å². The number of hydrogen-bond donors (Lipinski definition) is 1. The average Bonchev–Trinajstić information content (AvgIpc) is 2.03. The van der Waals surface area contributed by atoms with Gasteiger partial charge in [-0.15, -0.1) is 0 Å². The Morgan fingerprint density at radius 2 is 1.92 bits per heavy atom. The molecule has 0 aromatic carbocycles. The summed E-state index contributed by atoms with van der Waals surface area (Å²) < 4.78 is 0. The third-order valence-electron chi connectivity index (χ3n) is 2.08. The Morgan fingerprint density at radius 3 is 2.38 bits per heavy atom. The highest BCUT2D eigenvalue weighted by molar-refractivity contribution is 5.15. The lowest BCUT2D eigenvalue weighted by atomic mass is 9.90. The van der Waals surface area contributed by atoms with Gasteiger partial charge < -0.3 is 5.11 Å². The SMILES string of the molecule is CC(CC(C)(C)O)c1ccncc1. The molecule has 2 nitrogen and oxygen atoms in total. The Labute approximate surface area is 79.6 Å². The van der Waals surface area contributed by atoms with E-state index in [0.29, 0.717) is 5.92 Å². The molecule has 1 heterocycles. The summed E-state index contributed by atoms with van der Waals surface area (Å²) in [7, 11) is 0. The molecule has 0 spiro atoms. The van der Waals surface area contributed by atoms with E-state index in [1.165, 1.54) is 5.56 Å². The monoisotopic (exact) mass is 179 g/mol. The molecule has 0 saturated carbocycles. The maximum atomic E-state index is 9.63. The fourth-order valence-electron chi connectivity index (χ4n) is 1.56. The molecule has 0 aliphatic carbocycles. The minimum Gasteiger partial charge on any atom is -0.390 e. The number of aromatic nitrogens is 1. The first-order valence-electron chi connectivity index (χ1n) is 4.61. The summed E-state index contributed by atoms with van der Waals surface area (Å²) in [5.74, 6) is 0.378. The smallest absolute Gasteiger partial charge is 0.0597 e. The van der Waals surface area contributed by atoms with E-state index in [1.807, 2.05) is 26.0 Å². The van der Waals surface area contributed by atoms with E-state index >= 15 is 0 Å². The van der Waals surface area contributed by atoms with Gasteiger partial charge in [0.05, 0.1) is 5.60 Å². The molecule has 1 atom stereocenters. The standard InChI is InChI=1S/C11H17NO/c1-9(8-11(2,3)13)10-4-6-12-7-5-10/h4-7,9,13H,8H2,1-3H3. The van der Waals surface area contributed by atoms with Gasteiger partial charge in [0, 0.05) is 12.4 Å². The van der Waals surface area contributed by atoms with Crippen molar-refractivity contribution >= 4 is 0 Å².